The van der Waals surface area contributed by atoms with Crippen molar-refractivity contribution in [1.29, 1.82) is 0 Å². The van der Waals surface area contributed by atoms with Crippen LogP contribution >= 0.6 is 0 Å². The molecule has 3 fully saturated rings. The first-order valence-corrected chi connectivity index (χ1v) is 10.0. The van der Waals surface area contributed by atoms with Gasteiger partial charge >= 0.3 is 6.03 Å². The van der Waals surface area contributed by atoms with E-state index in [0.717, 1.165) is 19.5 Å². The van der Waals surface area contributed by atoms with Crippen molar-refractivity contribution < 1.29 is 13.2 Å². The van der Waals surface area contributed by atoms with E-state index in [1.54, 1.807) is 4.90 Å². The molecule has 0 saturated carbocycles. The summed E-state index contributed by atoms with van der Waals surface area (Å²) in [5.41, 5.74) is 0. The van der Waals surface area contributed by atoms with Crippen molar-refractivity contribution in [2.45, 2.75) is 37.8 Å². The van der Waals surface area contributed by atoms with E-state index >= 15 is 0 Å². The fourth-order valence-electron chi connectivity index (χ4n) is 3.89. The zero-order valence-corrected chi connectivity index (χ0v) is 14.0. The molecule has 0 unspecified atom stereocenters. The van der Waals surface area contributed by atoms with E-state index in [-0.39, 0.29) is 12.1 Å². The van der Waals surface area contributed by atoms with E-state index in [4.69, 9.17) is 0 Å². The van der Waals surface area contributed by atoms with Gasteiger partial charge in [-0.3, -0.25) is 4.90 Å². The van der Waals surface area contributed by atoms with Gasteiger partial charge in [0.15, 0.2) is 0 Å². The molecule has 2 amide bonds. The second-order valence-electron chi connectivity index (χ2n) is 6.59. The van der Waals surface area contributed by atoms with Crippen LogP contribution in [0.1, 0.15) is 25.7 Å². The standard InChI is InChI=1S/C14H26N4O3S/c1-22(20,21)18-10-8-17(9-11-18)14(19)15-12-5-7-16-6-3-2-4-13(12)16/h12-13H,2-11H2,1H3,(H,15,19)/t12-,13-/m0/s1. The second-order valence-corrected chi connectivity index (χ2v) is 8.58. The van der Waals surface area contributed by atoms with Crippen molar-refractivity contribution in [1.82, 2.24) is 19.4 Å². The Morgan fingerprint density at radius 2 is 1.73 bits per heavy atom. The molecule has 3 aliphatic rings. The topological polar surface area (TPSA) is 73.0 Å². The van der Waals surface area contributed by atoms with Gasteiger partial charge in [0.2, 0.25) is 10.0 Å². The Kier molecular flexibility index (Phi) is 4.61. The van der Waals surface area contributed by atoms with Gasteiger partial charge in [-0.05, 0) is 25.8 Å². The van der Waals surface area contributed by atoms with Crippen LogP contribution in [0.15, 0.2) is 0 Å². The first kappa shape index (κ1) is 16.0. The van der Waals surface area contributed by atoms with Crippen molar-refractivity contribution in [2.24, 2.45) is 0 Å². The van der Waals surface area contributed by atoms with Gasteiger partial charge in [0.25, 0.3) is 0 Å². The van der Waals surface area contributed by atoms with Gasteiger partial charge in [0.05, 0.1) is 6.26 Å². The largest absolute Gasteiger partial charge is 0.334 e. The number of hydrogen-bond acceptors (Lipinski definition) is 4. The fraction of sp³-hybridized carbons (Fsp3) is 0.929. The summed E-state index contributed by atoms with van der Waals surface area (Å²) in [6, 6.07) is 0.710. The molecule has 0 aromatic heterocycles. The number of amides is 2. The van der Waals surface area contributed by atoms with Crippen LogP contribution in [0.25, 0.3) is 0 Å². The quantitative estimate of drug-likeness (QED) is 0.767. The zero-order valence-electron chi connectivity index (χ0n) is 13.2. The number of piperazine rings is 1. The maximum atomic E-state index is 12.4. The Bertz CT molecular complexity index is 516. The zero-order chi connectivity index (χ0) is 15.7. The molecule has 3 rings (SSSR count). The Morgan fingerprint density at radius 3 is 2.41 bits per heavy atom. The summed E-state index contributed by atoms with van der Waals surface area (Å²) >= 11 is 0. The average Bonchev–Trinajstić information content (AvgIpc) is 2.90. The predicted octanol–water partition coefficient (Wildman–Crippen LogP) is -0.1000. The molecule has 7 nitrogen and oxygen atoms in total. The summed E-state index contributed by atoms with van der Waals surface area (Å²) in [7, 11) is -3.14. The van der Waals surface area contributed by atoms with Crippen molar-refractivity contribution in [3.05, 3.63) is 0 Å². The molecule has 3 heterocycles. The minimum absolute atomic E-state index is 0.0365. The molecule has 3 aliphatic heterocycles. The maximum Gasteiger partial charge on any atom is 0.317 e. The average molecular weight is 330 g/mol. The first-order valence-electron chi connectivity index (χ1n) is 8.20. The lowest BCUT2D eigenvalue weighted by atomic mass is 9.99. The van der Waals surface area contributed by atoms with Crippen LogP contribution in [0.2, 0.25) is 0 Å². The monoisotopic (exact) mass is 330 g/mol. The van der Waals surface area contributed by atoms with Gasteiger partial charge in [-0.15, -0.1) is 0 Å². The summed E-state index contributed by atoms with van der Waals surface area (Å²) in [5, 5.41) is 3.18. The van der Waals surface area contributed by atoms with E-state index in [9.17, 15) is 13.2 Å². The van der Waals surface area contributed by atoms with E-state index < -0.39 is 10.0 Å². The number of hydrogen-bond donors (Lipinski definition) is 1. The summed E-state index contributed by atoms with van der Waals surface area (Å²) in [4.78, 5) is 16.7. The van der Waals surface area contributed by atoms with Crippen LogP contribution in [0, 0.1) is 0 Å². The molecule has 0 spiro atoms. The predicted molar refractivity (Wildman–Crippen MR) is 84.1 cm³/mol. The molecule has 1 N–H and O–H groups in total. The van der Waals surface area contributed by atoms with Gasteiger partial charge in [0, 0.05) is 44.8 Å². The number of carbonyl (C=O) groups is 1. The summed E-state index contributed by atoms with van der Waals surface area (Å²) in [6.07, 6.45) is 5.94. The van der Waals surface area contributed by atoms with Crippen molar-refractivity contribution in [3.63, 3.8) is 0 Å². The molecular formula is C14H26N4O3S. The third kappa shape index (κ3) is 3.38. The van der Waals surface area contributed by atoms with E-state index in [2.05, 4.69) is 10.2 Å². The maximum absolute atomic E-state index is 12.4. The molecule has 0 aliphatic carbocycles. The molecule has 0 aromatic carbocycles. The Hall–Kier alpha value is -0.860. The number of nitrogens with zero attached hydrogens (tertiary/aromatic N) is 3. The van der Waals surface area contributed by atoms with Crippen LogP contribution in [0.5, 0.6) is 0 Å². The summed E-state index contributed by atoms with van der Waals surface area (Å²) in [6.45, 7) is 3.97. The Balaban J connectivity index is 1.51. The third-order valence-corrected chi connectivity index (χ3v) is 6.46. The number of carbonyl (C=O) groups excluding carboxylic acids is 1. The van der Waals surface area contributed by atoms with Crippen molar-refractivity contribution >= 4 is 16.1 Å². The van der Waals surface area contributed by atoms with Crippen molar-refractivity contribution in [2.75, 3.05) is 45.5 Å². The number of piperidine rings is 1. The molecule has 0 radical (unpaired) electrons. The van der Waals surface area contributed by atoms with E-state index in [1.165, 1.54) is 29.8 Å². The number of fused-ring (bicyclic) bond motifs is 1. The van der Waals surface area contributed by atoms with Gasteiger partial charge < -0.3 is 10.2 Å². The third-order valence-electron chi connectivity index (χ3n) is 5.16. The first-order chi connectivity index (χ1) is 10.4. The molecule has 22 heavy (non-hydrogen) atoms. The minimum Gasteiger partial charge on any atom is -0.334 e. The molecule has 0 bridgehead atoms. The smallest absolute Gasteiger partial charge is 0.317 e. The second kappa shape index (κ2) is 6.33. The lowest BCUT2D eigenvalue weighted by Gasteiger charge is -2.36. The van der Waals surface area contributed by atoms with Crippen molar-refractivity contribution in [3.8, 4) is 0 Å². The molecule has 3 saturated heterocycles. The highest BCUT2D eigenvalue weighted by molar-refractivity contribution is 7.88. The van der Waals surface area contributed by atoms with Crippen LogP contribution in [0.4, 0.5) is 4.79 Å². The van der Waals surface area contributed by atoms with Crippen LogP contribution in [-0.4, -0.2) is 86.2 Å². The summed E-state index contributed by atoms with van der Waals surface area (Å²) < 4.78 is 24.4. The lowest BCUT2D eigenvalue weighted by molar-refractivity contribution is 0.155. The number of sulfonamides is 1. The van der Waals surface area contributed by atoms with Gasteiger partial charge in [-0.2, -0.15) is 4.31 Å². The van der Waals surface area contributed by atoms with Crippen LogP contribution in [-0.2, 0) is 10.0 Å². The minimum atomic E-state index is -3.14. The van der Waals surface area contributed by atoms with Gasteiger partial charge in [-0.1, -0.05) is 6.42 Å². The highest BCUT2D eigenvalue weighted by Crippen LogP contribution is 2.27. The molecule has 8 heteroatoms. The molecule has 2 atom stereocenters. The van der Waals surface area contributed by atoms with Crippen LogP contribution in [0.3, 0.4) is 0 Å². The molecular weight excluding hydrogens is 304 g/mol. The van der Waals surface area contributed by atoms with Gasteiger partial charge in [0.1, 0.15) is 0 Å². The van der Waals surface area contributed by atoms with Gasteiger partial charge in [-0.25, -0.2) is 13.2 Å². The number of urea groups is 1. The summed E-state index contributed by atoms with van der Waals surface area (Å²) in [5.74, 6) is 0. The number of nitrogens with one attached hydrogen (secondary N) is 1. The lowest BCUT2D eigenvalue weighted by Crippen LogP contribution is -2.56. The Morgan fingerprint density at radius 1 is 1.00 bits per heavy atom. The molecule has 0 aromatic rings. The number of rotatable bonds is 2. The highest BCUT2D eigenvalue weighted by Gasteiger charge is 2.37. The van der Waals surface area contributed by atoms with Crippen LogP contribution < -0.4 is 5.32 Å². The SMILES string of the molecule is CS(=O)(=O)N1CCN(C(=O)N[C@H]2CCN3CCCC[C@@H]23)CC1. The highest BCUT2D eigenvalue weighted by atomic mass is 32.2. The fourth-order valence-corrected chi connectivity index (χ4v) is 4.72. The Labute approximate surface area is 132 Å². The normalized spacial score (nSPS) is 31.0. The molecule has 126 valence electrons. The van der Waals surface area contributed by atoms with E-state index in [0.29, 0.717) is 32.2 Å². The van der Waals surface area contributed by atoms with E-state index in [1.807, 2.05) is 0 Å².